The highest BCUT2D eigenvalue weighted by Crippen LogP contribution is 2.31. The maximum atomic E-state index is 12.3. The first-order valence-corrected chi connectivity index (χ1v) is 8.36. The van der Waals surface area contributed by atoms with E-state index in [2.05, 4.69) is 15.6 Å². The van der Waals surface area contributed by atoms with Crippen LogP contribution in [0.1, 0.15) is 23.1 Å². The Morgan fingerprint density at radius 2 is 2.04 bits per heavy atom. The Morgan fingerprint density at radius 3 is 2.61 bits per heavy atom. The SMILES string of the molecule is COc1cc(Cl)c(C)cc1NC(C)C(=O)Nc1nc(C)c(C)s1. The summed E-state index contributed by atoms with van der Waals surface area (Å²) in [5.41, 5.74) is 2.57. The van der Waals surface area contributed by atoms with E-state index < -0.39 is 6.04 Å². The van der Waals surface area contributed by atoms with Crippen molar-refractivity contribution in [1.29, 1.82) is 0 Å². The summed E-state index contributed by atoms with van der Waals surface area (Å²) in [4.78, 5) is 17.7. The molecular formula is C16H20ClN3O2S. The van der Waals surface area contributed by atoms with Gasteiger partial charge in [-0.3, -0.25) is 4.79 Å². The minimum atomic E-state index is -0.450. The number of ether oxygens (including phenoxy) is 1. The average Bonchev–Trinajstić information content (AvgIpc) is 2.80. The van der Waals surface area contributed by atoms with Crippen LogP contribution in [-0.4, -0.2) is 24.0 Å². The summed E-state index contributed by atoms with van der Waals surface area (Å²) in [6, 6.07) is 3.15. The number of aryl methyl sites for hydroxylation is 3. The van der Waals surface area contributed by atoms with Gasteiger partial charge in [0.25, 0.3) is 0 Å². The van der Waals surface area contributed by atoms with Crippen molar-refractivity contribution in [3.8, 4) is 5.75 Å². The fourth-order valence-electron chi connectivity index (χ4n) is 1.98. The van der Waals surface area contributed by atoms with E-state index in [1.165, 1.54) is 11.3 Å². The van der Waals surface area contributed by atoms with Crippen LogP contribution in [-0.2, 0) is 4.79 Å². The largest absolute Gasteiger partial charge is 0.495 e. The highest BCUT2D eigenvalue weighted by molar-refractivity contribution is 7.15. The summed E-state index contributed by atoms with van der Waals surface area (Å²) in [6.07, 6.45) is 0. The van der Waals surface area contributed by atoms with E-state index in [1.54, 1.807) is 20.1 Å². The van der Waals surface area contributed by atoms with Crippen molar-refractivity contribution in [1.82, 2.24) is 4.98 Å². The molecule has 0 fully saturated rings. The van der Waals surface area contributed by atoms with Crippen LogP contribution < -0.4 is 15.4 Å². The number of carbonyl (C=O) groups excluding carboxylic acids is 1. The third kappa shape index (κ3) is 4.14. The van der Waals surface area contributed by atoms with Gasteiger partial charge in [0.1, 0.15) is 11.8 Å². The lowest BCUT2D eigenvalue weighted by Gasteiger charge is -2.17. The van der Waals surface area contributed by atoms with E-state index in [0.29, 0.717) is 15.9 Å². The van der Waals surface area contributed by atoms with Crippen molar-refractivity contribution in [2.45, 2.75) is 33.7 Å². The normalized spacial score (nSPS) is 11.9. The summed E-state index contributed by atoms with van der Waals surface area (Å²) in [5, 5.41) is 7.21. The van der Waals surface area contributed by atoms with E-state index in [-0.39, 0.29) is 5.91 Å². The monoisotopic (exact) mass is 353 g/mol. The zero-order valence-electron chi connectivity index (χ0n) is 13.8. The minimum Gasteiger partial charge on any atom is -0.495 e. The molecule has 0 spiro atoms. The van der Waals surface area contributed by atoms with Crippen molar-refractivity contribution < 1.29 is 9.53 Å². The molecule has 23 heavy (non-hydrogen) atoms. The van der Waals surface area contributed by atoms with Crippen LogP contribution in [0.2, 0.25) is 5.02 Å². The van der Waals surface area contributed by atoms with Crippen molar-refractivity contribution in [2.75, 3.05) is 17.7 Å². The van der Waals surface area contributed by atoms with Gasteiger partial charge >= 0.3 is 0 Å². The lowest BCUT2D eigenvalue weighted by Crippen LogP contribution is -2.32. The summed E-state index contributed by atoms with van der Waals surface area (Å²) in [7, 11) is 1.57. The Kier molecular flexibility index (Phi) is 5.49. The van der Waals surface area contributed by atoms with Crippen LogP contribution in [0.15, 0.2) is 12.1 Å². The number of carbonyl (C=O) groups is 1. The van der Waals surface area contributed by atoms with E-state index in [4.69, 9.17) is 16.3 Å². The van der Waals surface area contributed by atoms with Gasteiger partial charge in [0, 0.05) is 16.0 Å². The van der Waals surface area contributed by atoms with Crippen LogP contribution in [0.25, 0.3) is 0 Å². The van der Waals surface area contributed by atoms with Gasteiger partial charge in [-0.15, -0.1) is 11.3 Å². The Balaban J connectivity index is 2.10. The van der Waals surface area contributed by atoms with Gasteiger partial charge in [-0.2, -0.15) is 0 Å². The molecule has 7 heteroatoms. The molecule has 5 nitrogen and oxygen atoms in total. The van der Waals surface area contributed by atoms with E-state index in [0.717, 1.165) is 21.8 Å². The number of anilines is 2. The lowest BCUT2D eigenvalue weighted by atomic mass is 10.2. The second-order valence-corrected chi connectivity index (χ2v) is 6.93. The third-order valence-electron chi connectivity index (χ3n) is 3.50. The summed E-state index contributed by atoms with van der Waals surface area (Å²) >= 11 is 7.56. The molecule has 0 aliphatic heterocycles. The van der Waals surface area contributed by atoms with Gasteiger partial charge in [0.05, 0.1) is 18.5 Å². The van der Waals surface area contributed by atoms with Crippen molar-refractivity contribution >= 4 is 39.7 Å². The zero-order valence-corrected chi connectivity index (χ0v) is 15.4. The number of hydrogen-bond donors (Lipinski definition) is 2. The van der Waals surface area contributed by atoms with Gasteiger partial charge in [-0.1, -0.05) is 11.6 Å². The molecule has 2 N–H and O–H groups in total. The number of benzene rings is 1. The van der Waals surface area contributed by atoms with Gasteiger partial charge in [0.15, 0.2) is 5.13 Å². The molecule has 2 aromatic rings. The number of thiazole rings is 1. The first kappa shape index (κ1) is 17.6. The Bertz CT molecular complexity index is 711. The van der Waals surface area contributed by atoms with E-state index >= 15 is 0 Å². The van der Waals surface area contributed by atoms with Gasteiger partial charge < -0.3 is 15.4 Å². The number of halogens is 1. The number of hydrogen-bond acceptors (Lipinski definition) is 5. The molecule has 1 aromatic carbocycles. The molecule has 0 saturated carbocycles. The Labute approximate surface area is 145 Å². The van der Waals surface area contributed by atoms with Crippen LogP contribution >= 0.6 is 22.9 Å². The van der Waals surface area contributed by atoms with Crippen LogP contribution in [0.4, 0.5) is 10.8 Å². The molecular weight excluding hydrogens is 334 g/mol. The first-order valence-electron chi connectivity index (χ1n) is 7.17. The molecule has 124 valence electrons. The van der Waals surface area contributed by atoms with Gasteiger partial charge in [0.2, 0.25) is 5.91 Å². The van der Waals surface area contributed by atoms with Crippen LogP contribution in [0.5, 0.6) is 5.75 Å². The average molecular weight is 354 g/mol. The highest BCUT2D eigenvalue weighted by atomic mass is 35.5. The summed E-state index contributed by atoms with van der Waals surface area (Å²) in [6.45, 7) is 7.58. The Morgan fingerprint density at radius 1 is 1.35 bits per heavy atom. The maximum absolute atomic E-state index is 12.3. The molecule has 1 amide bonds. The molecule has 1 unspecified atom stereocenters. The molecule has 1 atom stereocenters. The smallest absolute Gasteiger partial charge is 0.248 e. The molecule has 0 aliphatic rings. The number of amides is 1. The lowest BCUT2D eigenvalue weighted by molar-refractivity contribution is -0.116. The van der Waals surface area contributed by atoms with Crippen LogP contribution in [0.3, 0.4) is 0 Å². The molecule has 0 radical (unpaired) electrons. The van der Waals surface area contributed by atoms with Crippen molar-refractivity contribution in [3.05, 3.63) is 33.3 Å². The topological polar surface area (TPSA) is 63.2 Å². The van der Waals surface area contributed by atoms with Crippen molar-refractivity contribution in [2.24, 2.45) is 0 Å². The molecule has 0 saturated heterocycles. The summed E-state index contributed by atoms with van der Waals surface area (Å²) < 4.78 is 5.31. The number of aromatic nitrogens is 1. The molecule has 0 aliphatic carbocycles. The number of rotatable bonds is 5. The molecule has 1 heterocycles. The standard InChI is InChI=1S/C16H20ClN3O2S/c1-8-6-13(14(22-5)7-12(8)17)18-10(3)15(21)20-16-19-9(2)11(4)23-16/h6-7,10,18H,1-5H3,(H,19,20,21). The quantitative estimate of drug-likeness (QED) is 0.846. The highest BCUT2D eigenvalue weighted by Gasteiger charge is 2.17. The third-order valence-corrected chi connectivity index (χ3v) is 4.90. The second-order valence-electron chi connectivity index (χ2n) is 5.32. The van der Waals surface area contributed by atoms with Gasteiger partial charge in [-0.25, -0.2) is 4.98 Å². The van der Waals surface area contributed by atoms with Crippen LogP contribution in [0, 0.1) is 20.8 Å². The zero-order chi connectivity index (χ0) is 17.1. The molecule has 1 aromatic heterocycles. The molecule has 0 bridgehead atoms. The first-order chi connectivity index (χ1) is 10.8. The van der Waals surface area contributed by atoms with E-state index in [9.17, 15) is 4.79 Å². The number of nitrogens with zero attached hydrogens (tertiary/aromatic N) is 1. The van der Waals surface area contributed by atoms with E-state index in [1.807, 2.05) is 26.8 Å². The van der Waals surface area contributed by atoms with Gasteiger partial charge in [-0.05, 0) is 39.3 Å². The maximum Gasteiger partial charge on any atom is 0.248 e. The van der Waals surface area contributed by atoms with Crippen molar-refractivity contribution in [3.63, 3.8) is 0 Å². The fourth-order valence-corrected chi connectivity index (χ4v) is 2.95. The number of nitrogens with one attached hydrogen (secondary N) is 2. The fraction of sp³-hybridized carbons (Fsp3) is 0.375. The predicted octanol–water partition coefficient (Wildman–Crippen LogP) is 4.17. The Hall–Kier alpha value is -1.79. The number of methoxy groups -OCH3 is 1. The minimum absolute atomic E-state index is 0.159. The molecule has 2 rings (SSSR count). The summed E-state index contributed by atoms with van der Waals surface area (Å²) in [5.74, 6) is 0.439. The predicted molar refractivity (Wildman–Crippen MR) is 96.0 cm³/mol. The second kappa shape index (κ2) is 7.19.